The molecule has 0 aliphatic carbocycles. The summed E-state index contributed by atoms with van der Waals surface area (Å²) in [5.41, 5.74) is 7.13. The average Bonchev–Trinajstić information content (AvgIpc) is 3.77. The third-order valence-electron chi connectivity index (χ3n) is 11.0. The molecule has 66 heavy (non-hydrogen) atoms. The number of unbranched alkanes of at least 4 members (excludes halogenated alkanes) is 3. The van der Waals surface area contributed by atoms with Crippen molar-refractivity contribution in [2.75, 3.05) is 43.5 Å². The molecule has 8 atom stereocenters. The number of carbonyl (C=O) groups excluding carboxylic acids is 2. The molecule has 3 aromatic heterocycles. The molecule has 6 rings (SSSR count). The molecular weight excluding hydrogens is 935 g/mol. The van der Waals surface area contributed by atoms with Gasteiger partial charge in [-0.05, 0) is 70.1 Å². The molecule has 0 bridgehead atoms. The van der Waals surface area contributed by atoms with E-state index in [1.54, 1.807) is 6.92 Å². The lowest BCUT2D eigenvalue weighted by atomic mass is 9.79. The molecule has 4 unspecified atom stereocenters. The fourth-order valence-corrected chi connectivity index (χ4v) is 11.5. The lowest BCUT2D eigenvalue weighted by Crippen LogP contribution is -2.49. The summed E-state index contributed by atoms with van der Waals surface area (Å²) in [7, 11) is -16.6. The van der Waals surface area contributed by atoms with Crippen LogP contribution in [0.1, 0.15) is 101 Å². The van der Waals surface area contributed by atoms with Gasteiger partial charge in [-0.1, -0.05) is 19.8 Å². The number of esters is 1. The van der Waals surface area contributed by atoms with Crippen molar-refractivity contribution in [1.82, 2.24) is 24.8 Å². The van der Waals surface area contributed by atoms with Crippen LogP contribution in [0.3, 0.4) is 0 Å². The number of aliphatic hydroxyl groups excluding tert-OH is 2. The van der Waals surface area contributed by atoms with Crippen molar-refractivity contribution in [2.45, 2.75) is 109 Å². The van der Waals surface area contributed by atoms with E-state index in [1.165, 1.54) is 17.0 Å². The summed E-state index contributed by atoms with van der Waals surface area (Å²) in [6.07, 6.45) is -0.390. The summed E-state index contributed by atoms with van der Waals surface area (Å²) in [6, 6.07) is 5.24. The van der Waals surface area contributed by atoms with Crippen molar-refractivity contribution in [1.29, 1.82) is 0 Å². The number of amides is 1. The van der Waals surface area contributed by atoms with Crippen molar-refractivity contribution in [3.05, 3.63) is 52.4 Å². The number of aromatic nitrogens is 4. The number of aliphatic hydroxyl groups is 2. The summed E-state index contributed by atoms with van der Waals surface area (Å²) in [5.74, 6) is -0.690. The first-order valence-corrected chi connectivity index (χ1v) is 25.5. The summed E-state index contributed by atoms with van der Waals surface area (Å²) >= 11 is 0. The number of ether oxygens (including phenoxy) is 2. The molecular formula is C38H54N7O18P3. The molecule has 28 heteroatoms. The zero-order valence-electron chi connectivity index (χ0n) is 36.5. The van der Waals surface area contributed by atoms with Crippen LogP contribution in [0.25, 0.3) is 22.1 Å². The van der Waals surface area contributed by atoms with Crippen LogP contribution < -0.4 is 21.6 Å². The van der Waals surface area contributed by atoms with E-state index in [2.05, 4.69) is 59.1 Å². The number of imidazole rings is 1. The molecule has 1 aromatic carbocycles. The molecule has 4 aromatic rings. The quantitative estimate of drug-likeness (QED) is 0.0254. The third kappa shape index (κ3) is 12.5. The maximum absolute atomic E-state index is 12.7. The fourth-order valence-electron chi connectivity index (χ4n) is 7.99. The number of nitrogen functional groups attached to an aromatic ring is 1. The number of phosphoric acid groups is 3. The van der Waals surface area contributed by atoms with E-state index < -0.39 is 72.8 Å². The third-order valence-corrected chi connectivity index (χ3v) is 15.3. The van der Waals surface area contributed by atoms with E-state index in [0.29, 0.717) is 49.7 Å². The van der Waals surface area contributed by atoms with Crippen molar-refractivity contribution < 1.29 is 79.7 Å². The standard InChI is InChI=1S/C38H54N7O18P3/c1-5-57-36(49)25-16-23-15-24-22(2)18-38(3,4)45(26(24)17-27(23)61-37(25)50)13-10-11-29(46)40-12-8-6-7-9-14-58-64(51,52)62-66(55,56)63-65(53,54)59-19-28-31(47)32(48)35(60-28)44-21-43-30-33(39)41-20-42-34(30)44/h15-17,20-22,28,31-32,35,47-48H,5-14,18-19H2,1-4H3,(H,40,46)(H,51,52)(H,53,54)(H,55,56)(H2,39,41,42)/t22?,28-,31-,32-,35-/m1/s1. The van der Waals surface area contributed by atoms with Gasteiger partial charge in [0, 0.05) is 42.2 Å². The van der Waals surface area contributed by atoms with Gasteiger partial charge in [-0.15, -0.1) is 0 Å². The lowest BCUT2D eigenvalue weighted by molar-refractivity contribution is -0.121. The first kappa shape index (κ1) is 51.2. The molecule has 25 nitrogen and oxygen atoms in total. The Labute approximate surface area is 377 Å². The summed E-state index contributed by atoms with van der Waals surface area (Å²) in [4.78, 5) is 81.7. The number of nitrogens with two attached hydrogens (primary N) is 1. The van der Waals surface area contributed by atoms with Gasteiger partial charge < -0.3 is 54.7 Å². The highest BCUT2D eigenvalue weighted by atomic mass is 31.3. The summed E-state index contributed by atoms with van der Waals surface area (Å²) in [6.45, 7) is 7.65. The maximum Gasteiger partial charge on any atom is 0.490 e. The predicted molar refractivity (Wildman–Crippen MR) is 233 cm³/mol. The normalized spacial score (nSPS) is 23.2. The molecule has 1 saturated heterocycles. The maximum atomic E-state index is 12.7. The Morgan fingerprint density at radius 2 is 1.67 bits per heavy atom. The fraction of sp³-hybridized carbons (Fsp3) is 0.579. The molecule has 8 N–H and O–H groups in total. The van der Waals surface area contributed by atoms with Gasteiger partial charge in [-0.2, -0.15) is 8.62 Å². The van der Waals surface area contributed by atoms with Gasteiger partial charge in [0.2, 0.25) is 5.91 Å². The van der Waals surface area contributed by atoms with Gasteiger partial charge >= 0.3 is 35.1 Å². The van der Waals surface area contributed by atoms with Crippen molar-refractivity contribution in [2.24, 2.45) is 0 Å². The van der Waals surface area contributed by atoms with E-state index in [9.17, 15) is 53.0 Å². The van der Waals surface area contributed by atoms with Gasteiger partial charge in [-0.3, -0.25) is 18.4 Å². The number of rotatable bonds is 22. The number of phosphoric ester groups is 2. The molecule has 1 amide bonds. The molecule has 0 radical (unpaired) electrons. The van der Waals surface area contributed by atoms with Crippen LogP contribution in [0.4, 0.5) is 11.5 Å². The number of nitrogens with one attached hydrogen (secondary N) is 1. The van der Waals surface area contributed by atoms with Gasteiger partial charge in [0.1, 0.15) is 41.3 Å². The van der Waals surface area contributed by atoms with Crippen LogP contribution in [-0.2, 0) is 45.6 Å². The van der Waals surface area contributed by atoms with Crippen LogP contribution in [0.5, 0.6) is 0 Å². The topological polar surface area (TPSA) is 357 Å². The first-order chi connectivity index (χ1) is 31.0. The zero-order chi connectivity index (χ0) is 48.2. The molecule has 364 valence electrons. The van der Waals surface area contributed by atoms with Crippen LogP contribution in [-0.4, -0.2) is 113 Å². The number of fused-ring (bicyclic) bond motifs is 3. The largest absolute Gasteiger partial charge is 0.490 e. The zero-order valence-corrected chi connectivity index (χ0v) is 39.1. The average molecular weight is 990 g/mol. The Morgan fingerprint density at radius 3 is 2.39 bits per heavy atom. The molecule has 2 aliphatic rings. The van der Waals surface area contributed by atoms with E-state index in [-0.39, 0.29) is 59.4 Å². The summed E-state index contributed by atoms with van der Waals surface area (Å²) < 4.78 is 72.2. The Morgan fingerprint density at radius 1 is 0.955 bits per heavy atom. The highest BCUT2D eigenvalue weighted by Crippen LogP contribution is 2.67. The predicted octanol–water partition coefficient (Wildman–Crippen LogP) is 3.93. The van der Waals surface area contributed by atoms with E-state index in [4.69, 9.17) is 24.1 Å². The highest BCUT2D eigenvalue weighted by Gasteiger charge is 2.47. The minimum Gasteiger partial charge on any atom is -0.462 e. The number of hydrogen-bond acceptors (Lipinski definition) is 20. The van der Waals surface area contributed by atoms with E-state index in [1.807, 2.05) is 12.1 Å². The number of nitrogens with zero attached hydrogens (tertiary/aromatic N) is 5. The number of anilines is 2. The number of carbonyl (C=O) groups is 2. The van der Waals surface area contributed by atoms with E-state index >= 15 is 0 Å². The van der Waals surface area contributed by atoms with Crippen molar-refractivity contribution in [3.63, 3.8) is 0 Å². The Hall–Kier alpha value is -4.19. The van der Waals surface area contributed by atoms with Crippen LogP contribution in [0, 0.1) is 0 Å². The molecule has 1 fully saturated rings. The molecule has 0 spiro atoms. The Balaban J connectivity index is 0.870. The molecule has 5 heterocycles. The second-order valence-electron chi connectivity index (χ2n) is 16.4. The van der Waals surface area contributed by atoms with Crippen molar-refractivity contribution >= 4 is 69.0 Å². The second-order valence-corrected chi connectivity index (χ2v) is 21.0. The first-order valence-electron chi connectivity index (χ1n) is 21.0. The van der Waals surface area contributed by atoms with Crippen molar-refractivity contribution in [3.8, 4) is 0 Å². The minimum atomic E-state index is -5.78. The monoisotopic (exact) mass is 989 g/mol. The van der Waals surface area contributed by atoms with Crippen LogP contribution in [0.2, 0.25) is 0 Å². The second kappa shape index (κ2) is 21.0. The van der Waals surface area contributed by atoms with Gasteiger partial charge in [0.05, 0.1) is 26.1 Å². The summed E-state index contributed by atoms with van der Waals surface area (Å²) in [5, 5.41) is 24.5. The Bertz CT molecular complexity index is 2610. The van der Waals surface area contributed by atoms with Crippen LogP contribution in [0.15, 0.2) is 40.1 Å². The number of benzene rings is 1. The smallest absolute Gasteiger partial charge is 0.462 e. The lowest BCUT2D eigenvalue weighted by Gasteiger charge is -2.47. The van der Waals surface area contributed by atoms with Gasteiger partial charge in [0.15, 0.2) is 17.7 Å². The molecule has 2 aliphatic heterocycles. The SMILES string of the molecule is CCOC(=O)c1cc2cc3c(cc2oc1=O)N(CCCC(=O)NCCCCCCOP(=O)(O)OP(=O)(O)OP(=O)(O)OC[C@H]1O[C@@H](n2cnc4c(N)ncnc42)[C@H](O)[C@@H]1O)C(C)(C)CC3C. The Kier molecular flexibility index (Phi) is 16.3. The highest BCUT2D eigenvalue weighted by molar-refractivity contribution is 7.66. The van der Waals surface area contributed by atoms with Crippen LogP contribution >= 0.6 is 23.5 Å². The van der Waals surface area contributed by atoms with Gasteiger partial charge in [0.25, 0.3) is 0 Å². The number of hydrogen-bond donors (Lipinski definition) is 7. The van der Waals surface area contributed by atoms with E-state index in [0.717, 1.165) is 24.0 Å². The minimum absolute atomic E-state index is 0.0322. The van der Waals surface area contributed by atoms with Gasteiger partial charge in [-0.25, -0.2) is 38.2 Å². The molecule has 0 saturated carbocycles.